The number of aliphatic hydroxyl groups is 1. The van der Waals surface area contributed by atoms with Crippen molar-refractivity contribution in [3.8, 4) is 0 Å². The van der Waals surface area contributed by atoms with Gasteiger partial charge in [0.2, 0.25) is 0 Å². The molecule has 1 aromatic heterocycles. The Kier molecular flexibility index (Phi) is 2.98. The molecular formula is C10H12ClN3O2. The SMILES string of the molecule is Nc1cnc(Cl)c(C(=O)NC2CC(O)C2)c1. The van der Waals surface area contributed by atoms with Crippen molar-refractivity contribution in [2.75, 3.05) is 5.73 Å². The molecule has 0 bridgehead atoms. The van der Waals surface area contributed by atoms with Crippen molar-refractivity contribution in [1.82, 2.24) is 10.3 Å². The van der Waals surface area contributed by atoms with Gasteiger partial charge in [0.15, 0.2) is 0 Å². The van der Waals surface area contributed by atoms with Gasteiger partial charge in [-0.05, 0) is 18.9 Å². The van der Waals surface area contributed by atoms with Crippen LogP contribution in [0.5, 0.6) is 0 Å². The Hall–Kier alpha value is -1.33. The van der Waals surface area contributed by atoms with Gasteiger partial charge in [-0.15, -0.1) is 0 Å². The largest absolute Gasteiger partial charge is 0.397 e. The summed E-state index contributed by atoms with van der Waals surface area (Å²) in [7, 11) is 0. The van der Waals surface area contributed by atoms with Crippen molar-refractivity contribution in [2.24, 2.45) is 0 Å². The number of rotatable bonds is 2. The first kappa shape index (κ1) is 11.2. The fourth-order valence-corrected chi connectivity index (χ4v) is 1.78. The molecule has 1 aromatic rings. The molecule has 1 amide bonds. The van der Waals surface area contributed by atoms with E-state index in [2.05, 4.69) is 10.3 Å². The number of aliphatic hydroxyl groups excluding tert-OH is 1. The van der Waals surface area contributed by atoms with E-state index >= 15 is 0 Å². The highest BCUT2D eigenvalue weighted by Crippen LogP contribution is 2.21. The van der Waals surface area contributed by atoms with Gasteiger partial charge in [-0.2, -0.15) is 0 Å². The Morgan fingerprint density at radius 1 is 1.62 bits per heavy atom. The molecule has 1 aliphatic carbocycles. The van der Waals surface area contributed by atoms with E-state index in [1.165, 1.54) is 12.3 Å². The molecule has 0 spiro atoms. The fourth-order valence-electron chi connectivity index (χ4n) is 1.59. The molecule has 0 radical (unpaired) electrons. The van der Waals surface area contributed by atoms with Gasteiger partial charge < -0.3 is 16.2 Å². The summed E-state index contributed by atoms with van der Waals surface area (Å²) in [5, 5.41) is 12.0. The molecule has 6 heteroatoms. The summed E-state index contributed by atoms with van der Waals surface area (Å²) < 4.78 is 0. The number of nitrogens with zero attached hydrogens (tertiary/aromatic N) is 1. The number of anilines is 1. The first-order chi connectivity index (χ1) is 7.56. The highest BCUT2D eigenvalue weighted by atomic mass is 35.5. The van der Waals surface area contributed by atoms with E-state index in [9.17, 15) is 4.79 Å². The molecule has 1 aliphatic rings. The topological polar surface area (TPSA) is 88.2 Å². The first-order valence-corrected chi connectivity index (χ1v) is 5.34. The Balaban J connectivity index is 2.05. The maximum atomic E-state index is 11.8. The van der Waals surface area contributed by atoms with Crippen molar-refractivity contribution >= 4 is 23.2 Å². The molecule has 0 atom stereocenters. The molecule has 16 heavy (non-hydrogen) atoms. The number of carbonyl (C=O) groups excluding carboxylic acids is 1. The number of hydrogen-bond acceptors (Lipinski definition) is 4. The summed E-state index contributed by atoms with van der Waals surface area (Å²) in [6, 6.07) is 1.50. The van der Waals surface area contributed by atoms with Gasteiger partial charge in [-0.1, -0.05) is 11.6 Å². The van der Waals surface area contributed by atoms with E-state index in [-0.39, 0.29) is 28.8 Å². The third-order valence-corrected chi connectivity index (χ3v) is 2.85. The molecule has 4 N–H and O–H groups in total. The quantitative estimate of drug-likeness (QED) is 0.661. The third-order valence-electron chi connectivity index (χ3n) is 2.55. The molecule has 1 heterocycles. The van der Waals surface area contributed by atoms with Crippen LogP contribution in [-0.4, -0.2) is 28.1 Å². The third kappa shape index (κ3) is 2.25. The monoisotopic (exact) mass is 241 g/mol. The van der Waals surface area contributed by atoms with E-state index in [1.54, 1.807) is 0 Å². The van der Waals surface area contributed by atoms with E-state index in [4.69, 9.17) is 22.4 Å². The van der Waals surface area contributed by atoms with Gasteiger partial charge in [0.05, 0.1) is 23.6 Å². The van der Waals surface area contributed by atoms with Crippen molar-refractivity contribution < 1.29 is 9.90 Å². The van der Waals surface area contributed by atoms with Crippen LogP contribution in [0.3, 0.4) is 0 Å². The Labute approximate surface area is 97.6 Å². The van der Waals surface area contributed by atoms with E-state index in [0.717, 1.165) is 0 Å². The molecule has 0 aliphatic heterocycles. The van der Waals surface area contributed by atoms with Gasteiger partial charge in [-0.25, -0.2) is 4.98 Å². The number of halogens is 1. The molecule has 2 rings (SSSR count). The van der Waals surface area contributed by atoms with Crippen molar-refractivity contribution in [1.29, 1.82) is 0 Å². The second-order valence-corrected chi connectivity index (χ2v) is 4.26. The Bertz CT molecular complexity index is 419. The minimum atomic E-state index is -0.306. The summed E-state index contributed by atoms with van der Waals surface area (Å²) in [5.74, 6) is -0.304. The van der Waals surface area contributed by atoms with Crippen molar-refractivity contribution in [2.45, 2.75) is 25.0 Å². The lowest BCUT2D eigenvalue weighted by Gasteiger charge is -2.31. The minimum Gasteiger partial charge on any atom is -0.397 e. The van der Waals surface area contributed by atoms with Crippen molar-refractivity contribution in [3.63, 3.8) is 0 Å². The van der Waals surface area contributed by atoms with E-state index in [0.29, 0.717) is 18.5 Å². The van der Waals surface area contributed by atoms with Crippen LogP contribution in [0.2, 0.25) is 5.15 Å². The normalized spacial score (nSPS) is 23.6. The van der Waals surface area contributed by atoms with Gasteiger partial charge in [0, 0.05) is 6.04 Å². The first-order valence-electron chi connectivity index (χ1n) is 4.96. The van der Waals surface area contributed by atoms with Crippen LogP contribution in [0, 0.1) is 0 Å². The predicted octanol–water partition coefficient (Wildman–Crippen LogP) is 0.570. The van der Waals surface area contributed by atoms with Crippen LogP contribution in [-0.2, 0) is 0 Å². The van der Waals surface area contributed by atoms with Crippen LogP contribution in [0.25, 0.3) is 0 Å². The highest BCUT2D eigenvalue weighted by molar-refractivity contribution is 6.32. The highest BCUT2D eigenvalue weighted by Gasteiger charge is 2.29. The van der Waals surface area contributed by atoms with Crippen LogP contribution < -0.4 is 11.1 Å². The summed E-state index contributed by atoms with van der Waals surface area (Å²) in [6.07, 6.45) is 2.25. The summed E-state index contributed by atoms with van der Waals surface area (Å²) in [4.78, 5) is 15.6. The second kappa shape index (κ2) is 4.27. The lowest BCUT2D eigenvalue weighted by molar-refractivity contribution is 0.0562. The van der Waals surface area contributed by atoms with Crippen LogP contribution in [0.1, 0.15) is 23.2 Å². The maximum Gasteiger partial charge on any atom is 0.254 e. The number of aromatic nitrogens is 1. The van der Waals surface area contributed by atoms with Gasteiger partial charge in [-0.3, -0.25) is 4.79 Å². The minimum absolute atomic E-state index is 0.0139. The number of nitrogen functional groups attached to an aromatic ring is 1. The number of amides is 1. The molecule has 0 saturated heterocycles. The molecular weight excluding hydrogens is 230 g/mol. The van der Waals surface area contributed by atoms with Crippen LogP contribution >= 0.6 is 11.6 Å². The molecule has 0 unspecified atom stereocenters. The lowest BCUT2D eigenvalue weighted by Crippen LogP contribution is -2.46. The Morgan fingerprint density at radius 2 is 2.31 bits per heavy atom. The number of pyridine rings is 1. The standard InChI is InChI=1S/C10H12ClN3O2/c11-9-8(1-5(12)4-13-9)10(16)14-6-2-7(15)3-6/h1,4,6-7,15H,2-3,12H2,(H,14,16). The summed E-state index contributed by atoms with van der Waals surface area (Å²) in [5.41, 5.74) is 6.18. The predicted molar refractivity (Wildman–Crippen MR) is 60.2 cm³/mol. The summed E-state index contributed by atoms with van der Waals surface area (Å²) >= 11 is 5.79. The molecule has 0 aromatic carbocycles. The zero-order chi connectivity index (χ0) is 11.7. The molecule has 1 fully saturated rings. The number of nitrogens with two attached hydrogens (primary N) is 1. The number of hydrogen-bond donors (Lipinski definition) is 3. The lowest BCUT2D eigenvalue weighted by atomic mass is 9.89. The van der Waals surface area contributed by atoms with E-state index in [1.807, 2.05) is 0 Å². The number of carbonyl (C=O) groups is 1. The smallest absolute Gasteiger partial charge is 0.254 e. The van der Waals surface area contributed by atoms with Crippen molar-refractivity contribution in [3.05, 3.63) is 23.0 Å². The van der Waals surface area contributed by atoms with Crippen LogP contribution in [0.4, 0.5) is 5.69 Å². The van der Waals surface area contributed by atoms with Gasteiger partial charge >= 0.3 is 0 Å². The molecule has 5 nitrogen and oxygen atoms in total. The fraction of sp³-hybridized carbons (Fsp3) is 0.400. The summed E-state index contributed by atoms with van der Waals surface area (Å²) in [6.45, 7) is 0. The zero-order valence-electron chi connectivity index (χ0n) is 8.48. The molecule has 86 valence electrons. The number of nitrogens with one attached hydrogen (secondary N) is 1. The maximum absolute atomic E-state index is 11.8. The average molecular weight is 242 g/mol. The Morgan fingerprint density at radius 3 is 2.94 bits per heavy atom. The molecule has 1 saturated carbocycles. The van der Waals surface area contributed by atoms with E-state index < -0.39 is 0 Å². The second-order valence-electron chi connectivity index (χ2n) is 3.90. The van der Waals surface area contributed by atoms with Crippen LogP contribution in [0.15, 0.2) is 12.3 Å². The zero-order valence-corrected chi connectivity index (χ0v) is 9.24. The average Bonchev–Trinajstić information content (AvgIpc) is 2.19. The van der Waals surface area contributed by atoms with Gasteiger partial charge in [0.25, 0.3) is 5.91 Å². The van der Waals surface area contributed by atoms with Gasteiger partial charge in [0.1, 0.15) is 5.15 Å².